The Morgan fingerprint density at radius 3 is 2.05 bits per heavy atom. The van der Waals surface area contributed by atoms with E-state index in [1.165, 1.54) is 51.0 Å². The quantitative estimate of drug-likeness (QED) is 0.292. The molecule has 3 N–H and O–H groups in total. The zero-order chi connectivity index (χ0) is 15.1. The maximum absolute atomic E-state index is 9.07. The molecule has 20 heavy (non-hydrogen) atoms. The fraction of sp³-hybridized carbons (Fsp3) is 0.647. The average molecular weight is 282 g/mol. The van der Waals surface area contributed by atoms with Gasteiger partial charge in [0.2, 0.25) is 5.79 Å². The van der Waals surface area contributed by atoms with Gasteiger partial charge in [-0.25, -0.2) is 0 Å². The molecule has 0 aromatic rings. The molecule has 0 aromatic carbocycles. The van der Waals surface area contributed by atoms with E-state index in [9.17, 15) is 0 Å². The predicted octanol–water partition coefficient (Wildman–Crippen LogP) is 3.47. The molecule has 0 atom stereocenters. The molecule has 0 aliphatic carbocycles. The van der Waals surface area contributed by atoms with Crippen molar-refractivity contribution in [2.24, 2.45) is 0 Å². The minimum absolute atomic E-state index is 0.703. The monoisotopic (exact) mass is 282 g/mol. The Balaban J connectivity index is 3.48. The van der Waals surface area contributed by atoms with Crippen LogP contribution < -0.4 is 0 Å². The lowest BCUT2D eigenvalue weighted by Crippen LogP contribution is -2.29. The summed E-state index contributed by atoms with van der Waals surface area (Å²) in [5.41, 5.74) is 0. The van der Waals surface area contributed by atoms with Gasteiger partial charge in [-0.05, 0) is 18.9 Å². The van der Waals surface area contributed by atoms with Gasteiger partial charge in [-0.3, -0.25) is 0 Å². The summed E-state index contributed by atoms with van der Waals surface area (Å²) < 4.78 is 0. The first-order chi connectivity index (χ1) is 9.62. The normalized spacial score (nSPS) is 13.2. The zero-order valence-corrected chi connectivity index (χ0v) is 12.7. The Morgan fingerprint density at radius 2 is 1.40 bits per heavy atom. The van der Waals surface area contributed by atoms with E-state index < -0.39 is 12.4 Å². The van der Waals surface area contributed by atoms with Gasteiger partial charge >= 0.3 is 0 Å². The van der Waals surface area contributed by atoms with Crippen LogP contribution in [0.15, 0.2) is 36.5 Å². The van der Waals surface area contributed by atoms with Crippen LogP contribution in [0.2, 0.25) is 0 Å². The van der Waals surface area contributed by atoms with E-state index >= 15 is 0 Å². The van der Waals surface area contributed by atoms with Gasteiger partial charge in [0.05, 0.1) is 0 Å². The van der Waals surface area contributed by atoms with Gasteiger partial charge in [0.1, 0.15) is 6.61 Å². The summed E-state index contributed by atoms with van der Waals surface area (Å²) in [5.74, 6) is -2.12. The van der Waals surface area contributed by atoms with E-state index in [-0.39, 0.29) is 0 Å². The molecule has 0 aliphatic heterocycles. The van der Waals surface area contributed by atoms with Gasteiger partial charge in [-0.2, -0.15) is 0 Å². The molecule has 0 fully saturated rings. The van der Waals surface area contributed by atoms with Crippen molar-refractivity contribution in [1.29, 1.82) is 0 Å². The van der Waals surface area contributed by atoms with Crippen LogP contribution in [0.1, 0.15) is 58.3 Å². The highest BCUT2D eigenvalue weighted by atomic mass is 16.5. The topological polar surface area (TPSA) is 60.7 Å². The summed E-state index contributed by atoms with van der Waals surface area (Å²) in [4.78, 5) is 0. The second-order valence-corrected chi connectivity index (χ2v) is 5.12. The molecular weight excluding hydrogens is 252 g/mol. The number of aliphatic hydroxyl groups excluding tert-OH is 1. The van der Waals surface area contributed by atoms with Crippen LogP contribution in [0.4, 0.5) is 0 Å². The number of allylic oxidation sites excluding steroid dienone is 5. The number of aliphatic hydroxyl groups is 3. The molecule has 0 heterocycles. The highest BCUT2D eigenvalue weighted by molar-refractivity contribution is 5.13. The predicted molar refractivity (Wildman–Crippen MR) is 84.3 cm³/mol. The van der Waals surface area contributed by atoms with Gasteiger partial charge < -0.3 is 15.3 Å². The highest BCUT2D eigenvalue weighted by Gasteiger charge is 2.15. The first-order valence-corrected chi connectivity index (χ1v) is 7.69. The lowest BCUT2D eigenvalue weighted by atomic mass is 10.1. The van der Waals surface area contributed by atoms with Crippen molar-refractivity contribution < 1.29 is 15.3 Å². The molecule has 0 saturated carbocycles. The van der Waals surface area contributed by atoms with Crippen molar-refractivity contribution in [3.63, 3.8) is 0 Å². The van der Waals surface area contributed by atoms with Crippen LogP contribution in [0, 0.1) is 0 Å². The van der Waals surface area contributed by atoms with E-state index in [0.717, 1.165) is 12.5 Å². The molecule has 116 valence electrons. The molecule has 3 nitrogen and oxygen atoms in total. The lowest BCUT2D eigenvalue weighted by molar-refractivity contribution is -0.146. The Kier molecular flexibility index (Phi) is 12.5. The van der Waals surface area contributed by atoms with E-state index in [2.05, 4.69) is 13.0 Å². The van der Waals surface area contributed by atoms with Gasteiger partial charge in [0, 0.05) is 0 Å². The summed E-state index contributed by atoms with van der Waals surface area (Å²) in [6.45, 7) is 1.53. The van der Waals surface area contributed by atoms with Crippen molar-refractivity contribution in [1.82, 2.24) is 0 Å². The molecule has 0 unspecified atom stereocenters. The van der Waals surface area contributed by atoms with Crippen molar-refractivity contribution >= 4 is 0 Å². The van der Waals surface area contributed by atoms with E-state index in [1.807, 2.05) is 12.2 Å². The average Bonchev–Trinajstić information content (AvgIpc) is 2.44. The van der Waals surface area contributed by atoms with E-state index in [0.29, 0.717) is 0 Å². The third-order valence-corrected chi connectivity index (χ3v) is 3.04. The first kappa shape index (κ1) is 19.1. The maximum Gasteiger partial charge on any atom is 0.207 e. The Morgan fingerprint density at radius 1 is 0.800 bits per heavy atom. The van der Waals surface area contributed by atoms with Crippen molar-refractivity contribution in [3.05, 3.63) is 36.5 Å². The van der Waals surface area contributed by atoms with Crippen LogP contribution in [-0.2, 0) is 0 Å². The minimum atomic E-state index is -2.12. The fourth-order valence-electron chi connectivity index (χ4n) is 1.78. The fourth-order valence-corrected chi connectivity index (χ4v) is 1.78. The van der Waals surface area contributed by atoms with Crippen molar-refractivity contribution in [2.75, 3.05) is 6.61 Å². The highest BCUT2D eigenvalue weighted by Crippen LogP contribution is 2.08. The Labute approximate surface area is 123 Å². The van der Waals surface area contributed by atoms with Crippen LogP contribution in [-0.4, -0.2) is 27.7 Å². The SMILES string of the molecule is CCCCCCCCCC=CC=CC=CC(O)(O)CO. The summed E-state index contributed by atoms with van der Waals surface area (Å²) in [6, 6.07) is 0. The van der Waals surface area contributed by atoms with Crippen LogP contribution in [0.5, 0.6) is 0 Å². The lowest BCUT2D eigenvalue weighted by Gasteiger charge is -2.11. The molecule has 0 saturated heterocycles. The number of hydrogen-bond donors (Lipinski definition) is 3. The van der Waals surface area contributed by atoms with Gasteiger partial charge in [0.25, 0.3) is 0 Å². The summed E-state index contributed by atoms with van der Waals surface area (Å²) in [6.07, 6.45) is 20.6. The Bertz CT molecular complexity index is 291. The third kappa shape index (κ3) is 13.5. The standard InChI is InChI=1S/C17H30O3/c1-2-3-4-5-6-7-8-9-10-11-12-13-14-15-17(19,20)16-18/h10-15,18-20H,2-9,16H2,1H3. The number of unbranched alkanes of at least 4 members (excludes halogenated alkanes) is 7. The van der Waals surface area contributed by atoms with Crippen LogP contribution >= 0.6 is 0 Å². The van der Waals surface area contributed by atoms with Crippen molar-refractivity contribution in [3.8, 4) is 0 Å². The van der Waals surface area contributed by atoms with Gasteiger partial charge in [-0.15, -0.1) is 0 Å². The minimum Gasteiger partial charge on any atom is -0.390 e. The smallest absolute Gasteiger partial charge is 0.207 e. The van der Waals surface area contributed by atoms with E-state index in [1.54, 1.807) is 6.08 Å². The van der Waals surface area contributed by atoms with Gasteiger partial charge in [0.15, 0.2) is 0 Å². The maximum atomic E-state index is 9.07. The molecule has 0 radical (unpaired) electrons. The molecule has 0 aliphatic rings. The summed E-state index contributed by atoms with van der Waals surface area (Å²) in [5, 5.41) is 26.7. The molecule has 0 rings (SSSR count). The van der Waals surface area contributed by atoms with E-state index in [4.69, 9.17) is 15.3 Å². The summed E-state index contributed by atoms with van der Waals surface area (Å²) in [7, 11) is 0. The number of hydrogen-bond acceptors (Lipinski definition) is 3. The molecular formula is C17H30O3. The van der Waals surface area contributed by atoms with Crippen LogP contribution in [0.3, 0.4) is 0 Å². The molecule has 0 bridgehead atoms. The molecule has 0 spiro atoms. The second-order valence-electron chi connectivity index (χ2n) is 5.12. The first-order valence-electron chi connectivity index (χ1n) is 7.69. The zero-order valence-electron chi connectivity index (χ0n) is 12.7. The van der Waals surface area contributed by atoms with Crippen LogP contribution in [0.25, 0.3) is 0 Å². The number of rotatable bonds is 12. The second kappa shape index (κ2) is 13.1. The largest absolute Gasteiger partial charge is 0.390 e. The third-order valence-electron chi connectivity index (χ3n) is 3.04. The molecule has 0 aromatic heterocycles. The molecule has 0 amide bonds. The summed E-state index contributed by atoms with van der Waals surface area (Å²) >= 11 is 0. The molecule has 3 heteroatoms. The Hall–Kier alpha value is -0.900. The van der Waals surface area contributed by atoms with Crippen molar-refractivity contribution in [2.45, 2.75) is 64.1 Å². The van der Waals surface area contributed by atoms with Gasteiger partial charge in [-0.1, -0.05) is 75.8 Å².